The average molecular weight is 278 g/mol. The Bertz CT molecular complexity index is 428. The van der Waals surface area contributed by atoms with Gasteiger partial charge in [0.2, 0.25) is 0 Å². The van der Waals surface area contributed by atoms with E-state index in [1.807, 2.05) is 12.1 Å². The number of nitrogens with two attached hydrogens (primary N) is 1. The van der Waals surface area contributed by atoms with Crippen molar-refractivity contribution in [2.75, 3.05) is 21.3 Å². The maximum absolute atomic E-state index is 5.98. The van der Waals surface area contributed by atoms with Crippen molar-refractivity contribution in [3.05, 3.63) is 23.8 Å². The summed E-state index contributed by atoms with van der Waals surface area (Å²) in [4.78, 5) is 2.41. The van der Waals surface area contributed by atoms with Gasteiger partial charge < -0.3 is 15.2 Å². The number of benzene rings is 1. The van der Waals surface area contributed by atoms with Crippen LogP contribution in [0.4, 0.5) is 0 Å². The molecule has 0 spiro atoms. The molecule has 1 aromatic rings. The summed E-state index contributed by atoms with van der Waals surface area (Å²) in [5.41, 5.74) is 7.15. The molecule has 0 aromatic heterocycles. The van der Waals surface area contributed by atoms with Crippen LogP contribution in [0.3, 0.4) is 0 Å². The van der Waals surface area contributed by atoms with Crippen LogP contribution >= 0.6 is 0 Å². The Kier molecular flexibility index (Phi) is 5.26. The highest BCUT2D eigenvalue weighted by molar-refractivity contribution is 5.40. The molecule has 112 valence electrons. The van der Waals surface area contributed by atoms with Gasteiger partial charge in [0.1, 0.15) is 11.5 Å². The van der Waals surface area contributed by atoms with Gasteiger partial charge in [-0.05, 0) is 50.9 Å². The molecule has 0 heterocycles. The molecule has 1 aromatic carbocycles. The van der Waals surface area contributed by atoms with Gasteiger partial charge in [0.15, 0.2) is 0 Å². The minimum Gasteiger partial charge on any atom is -0.497 e. The van der Waals surface area contributed by atoms with Crippen LogP contribution in [0.2, 0.25) is 0 Å². The van der Waals surface area contributed by atoms with E-state index in [0.29, 0.717) is 12.1 Å². The Hall–Kier alpha value is -1.26. The second-order valence-corrected chi connectivity index (χ2v) is 5.66. The second kappa shape index (κ2) is 6.95. The molecule has 0 bridgehead atoms. The number of rotatable bonds is 5. The minimum atomic E-state index is 0.394. The van der Waals surface area contributed by atoms with E-state index in [-0.39, 0.29) is 0 Å². The van der Waals surface area contributed by atoms with Gasteiger partial charge in [-0.15, -0.1) is 0 Å². The molecule has 0 unspecified atom stereocenters. The Labute approximate surface area is 121 Å². The third-order valence-corrected chi connectivity index (χ3v) is 4.27. The molecule has 1 aliphatic rings. The number of hydrogen-bond donors (Lipinski definition) is 1. The Morgan fingerprint density at radius 2 is 1.85 bits per heavy atom. The largest absolute Gasteiger partial charge is 0.497 e. The number of ether oxygens (including phenoxy) is 2. The van der Waals surface area contributed by atoms with E-state index in [1.165, 1.54) is 18.4 Å². The number of hydrogen-bond acceptors (Lipinski definition) is 4. The van der Waals surface area contributed by atoms with Crippen molar-refractivity contribution >= 4 is 0 Å². The molecule has 20 heavy (non-hydrogen) atoms. The zero-order valence-electron chi connectivity index (χ0n) is 12.8. The van der Waals surface area contributed by atoms with Crippen LogP contribution in [0.1, 0.15) is 31.2 Å². The Morgan fingerprint density at radius 3 is 2.45 bits per heavy atom. The predicted octanol–water partition coefficient (Wildman–Crippen LogP) is 2.41. The standard InChI is InChI=1S/C16H26N2O2/c1-18(14-6-4-13(17)5-7-14)11-12-10-15(19-2)8-9-16(12)20-3/h8-10,13-14H,4-7,11,17H2,1-3H3. The van der Waals surface area contributed by atoms with Gasteiger partial charge in [0.05, 0.1) is 14.2 Å². The fourth-order valence-corrected chi connectivity index (χ4v) is 2.95. The summed E-state index contributed by atoms with van der Waals surface area (Å²) in [6.07, 6.45) is 4.63. The topological polar surface area (TPSA) is 47.7 Å². The molecule has 0 amide bonds. The van der Waals surface area contributed by atoms with E-state index >= 15 is 0 Å². The highest BCUT2D eigenvalue weighted by Crippen LogP contribution is 2.28. The third-order valence-electron chi connectivity index (χ3n) is 4.27. The van der Waals surface area contributed by atoms with Crippen molar-refractivity contribution in [3.8, 4) is 11.5 Å². The maximum Gasteiger partial charge on any atom is 0.123 e. The van der Waals surface area contributed by atoms with E-state index in [4.69, 9.17) is 15.2 Å². The van der Waals surface area contributed by atoms with Crippen LogP contribution in [0.5, 0.6) is 11.5 Å². The van der Waals surface area contributed by atoms with Gasteiger partial charge in [-0.3, -0.25) is 4.90 Å². The van der Waals surface area contributed by atoms with Crippen molar-refractivity contribution in [3.63, 3.8) is 0 Å². The minimum absolute atomic E-state index is 0.394. The quantitative estimate of drug-likeness (QED) is 0.898. The molecule has 4 nitrogen and oxygen atoms in total. The lowest BCUT2D eigenvalue weighted by Crippen LogP contribution is -2.38. The second-order valence-electron chi connectivity index (χ2n) is 5.66. The number of nitrogens with zero attached hydrogens (tertiary/aromatic N) is 1. The summed E-state index contributed by atoms with van der Waals surface area (Å²) in [6.45, 7) is 0.875. The van der Waals surface area contributed by atoms with Crippen LogP contribution in [-0.4, -0.2) is 38.3 Å². The van der Waals surface area contributed by atoms with Crippen molar-refractivity contribution in [1.82, 2.24) is 4.90 Å². The summed E-state index contributed by atoms with van der Waals surface area (Å²) in [5, 5.41) is 0. The van der Waals surface area contributed by atoms with Crippen LogP contribution in [0.25, 0.3) is 0 Å². The van der Waals surface area contributed by atoms with Gasteiger partial charge in [-0.2, -0.15) is 0 Å². The summed E-state index contributed by atoms with van der Waals surface area (Å²) in [5.74, 6) is 1.80. The lowest BCUT2D eigenvalue weighted by atomic mass is 9.91. The fraction of sp³-hybridized carbons (Fsp3) is 0.625. The first-order chi connectivity index (χ1) is 9.63. The Balaban J connectivity index is 2.04. The molecule has 0 saturated heterocycles. The van der Waals surface area contributed by atoms with Gasteiger partial charge in [-0.1, -0.05) is 0 Å². The molecule has 0 radical (unpaired) electrons. The summed E-state index contributed by atoms with van der Waals surface area (Å²) in [6, 6.07) is 6.97. The van der Waals surface area contributed by atoms with E-state index < -0.39 is 0 Å². The normalized spacial score (nSPS) is 22.9. The molecular weight excluding hydrogens is 252 g/mol. The lowest BCUT2D eigenvalue weighted by molar-refractivity contribution is 0.174. The monoisotopic (exact) mass is 278 g/mol. The molecule has 4 heteroatoms. The van der Waals surface area contributed by atoms with Crippen LogP contribution in [-0.2, 0) is 6.54 Å². The molecule has 1 fully saturated rings. The van der Waals surface area contributed by atoms with E-state index in [0.717, 1.165) is 30.9 Å². The fourth-order valence-electron chi connectivity index (χ4n) is 2.95. The molecule has 1 aliphatic carbocycles. The van der Waals surface area contributed by atoms with Crippen molar-refractivity contribution in [2.45, 2.75) is 44.3 Å². The first kappa shape index (κ1) is 15.1. The first-order valence-corrected chi connectivity index (χ1v) is 7.30. The molecule has 2 N–H and O–H groups in total. The van der Waals surface area contributed by atoms with Crippen LogP contribution in [0, 0.1) is 0 Å². The highest BCUT2D eigenvalue weighted by atomic mass is 16.5. The Morgan fingerprint density at radius 1 is 1.15 bits per heavy atom. The van der Waals surface area contributed by atoms with Gasteiger partial charge in [0, 0.05) is 24.2 Å². The van der Waals surface area contributed by atoms with Crippen LogP contribution in [0.15, 0.2) is 18.2 Å². The van der Waals surface area contributed by atoms with Gasteiger partial charge in [0.25, 0.3) is 0 Å². The van der Waals surface area contributed by atoms with E-state index in [9.17, 15) is 0 Å². The smallest absolute Gasteiger partial charge is 0.123 e. The molecule has 2 rings (SSSR count). The van der Waals surface area contributed by atoms with Crippen molar-refractivity contribution in [2.24, 2.45) is 5.73 Å². The van der Waals surface area contributed by atoms with E-state index in [2.05, 4.69) is 18.0 Å². The first-order valence-electron chi connectivity index (χ1n) is 7.30. The lowest BCUT2D eigenvalue weighted by Gasteiger charge is -2.33. The summed E-state index contributed by atoms with van der Waals surface area (Å²) < 4.78 is 10.8. The molecular formula is C16H26N2O2. The zero-order chi connectivity index (χ0) is 14.5. The highest BCUT2D eigenvalue weighted by Gasteiger charge is 2.22. The SMILES string of the molecule is COc1ccc(OC)c(CN(C)C2CCC(N)CC2)c1. The van der Waals surface area contributed by atoms with Gasteiger partial charge >= 0.3 is 0 Å². The average Bonchev–Trinajstić information content (AvgIpc) is 2.47. The summed E-state index contributed by atoms with van der Waals surface area (Å²) >= 11 is 0. The van der Waals surface area contributed by atoms with Crippen molar-refractivity contribution in [1.29, 1.82) is 0 Å². The molecule has 0 atom stereocenters. The third kappa shape index (κ3) is 3.64. The maximum atomic E-state index is 5.98. The molecule has 0 aliphatic heterocycles. The van der Waals surface area contributed by atoms with Crippen molar-refractivity contribution < 1.29 is 9.47 Å². The number of methoxy groups -OCH3 is 2. The zero-order valence-corrected chi connectivity index (χ0v) is 12.8. The van der Waals surface area contributed by atoms with E-state index in [1.54, 1.807) is 14.2 Å². The summed E-state index contributed by atoms with van der Waals surface area (Å²) in [7, 11) is 5.59. The van der Waals surface area contributed by atoms with Crippen LogP contribution < -0.4 is 15.2 Å². The predicted molar refractivity (Wildman–Crippen MR) is 81.2 cm³/mol. The van der Waals surface area contributed by atoms with Gasteiger partial charge in [-0.25, -0.2) is 0 Å². The molecule has 1 saturated carbocycles.